The van der Waals surface area contributed by atoms with E-state index < -0.39 is 0 Å². The van der Waals surface area contributed by atoms with E-state index in [2.05, 4.69) is 46.9 Å². The summed E-state index contributed by atoms with van der Waals surface area (Å²) < 4.78 is 2.24. The Morgan fingerprint density at radius 1 is 1.33 bits per heavy atom. The quantitative estimate of drug-likeness (QED) is 0.876. The third kappa shape index (κ3) is 1.85. The molecule has 0 aliphatic carbocycles. The van der Waals surface area contributed by atoms with Gasteiger partial charge in [0.1, 0.15) is 0 Å². The average molecular weight is 241 g/mol. The molecule has 3 rings (SSSR count). The van der Waals surface area contributed by atoms with Crippen molar-refractivity contribution in [3.05, 3.63) is 47.5 Å². The van der Waals surface area contributed by atoms with Crippen molar-refractivity contribution in [1.82, 2.24) is 14.9 Å². The van der Waals surface area contributed by atoms with Crippen molar-refractivity contribution in [2.24, 2.45) is 0 Å². The van der Waals surface area contributed by atoms with E-state index in [0.717, 1.165) is 19.5 Å². The highest BCUT2D eigenvalue weighted by Gasteiger charge is 2.16. The second-order valence-corrected chi connectivity index (χ2v) is 5.18. The Morgan fingerprint density at radius 2 is 2.22 bits per heavy atom. The van der Waals surface area contributed by atoms with Crippen LogP contribution in [-0.4, -0.2) is 16.1 Å². The SMILES string of the molecule is CC(C)c1cncn1-c1cccc2c1CCNC2. The average Bonchev–Trinajstić information content (AvgIpc) is 2.87. The molecule has 0 unspecified atom stereocenters. The minimum Gasteiger partial charge on any atom is -0.312 e. The van der Waals surface area contributed by atoms with Crippen LogP contribution in [0.25, 0.3) is 5.69 Å². The van der Waals surface area contributed by atoms with Gasteiger partial charge in [-0.2, -0.15) is 0 Å². The van der Waals surface area contributed by atoms with Crippen LogP contribution in [0.5, 0.6) is 0 Å². The fourth-order valence-electron chi connectivity index (χ4n) is 2.67. The number of aromatic nitrogens is 2. The van der Waals surface area contributed by atoms with Gasteiger partial charge in [-0.1, -0.05) is 26.0 Å². The first kappa shape index (κ1) is 11.5. The molecule has 1 aromatic carbocycles. The van der Waals surface area contributed by atoms with Crippen molar-refractivity contribution in [3.8, 4) is 5.69 Å². The molecule has 0 fully saturated rings. The first-order valence-corrected chi connectivity index (χ1v) is 6.61. The number of benzene rings is 1. The Balaban J connectivity index is 2.14. The third-order valence-electron chi connectivity index (χ3n) is 3.63. The number of hydrogen-bond donors (Lipinski definition) is 1. The summed E-state index contributed by atoms with van der Waals surface area (Å²) in [5.74, 6) is 0.491. The van der Waals surface area contributed by atoms with Crippen LogP contribution in [0.3, 0.4) is 0 Å². The Labute approximate surface area is 108 Å². The molecule has 3 nitrogen and oxygen atoms in total. The zero-order chi connectivity index (χ0) is 12.5. The maximum atomic E-state index is 4.32. The van der Waals surface area contributed by atoms with E-state index in [-0.39, 0.29) is 0 Å². The Morgan fingerprint density at radius 3 is 3.06 bits per heavy atom. The second kappa shape index (κ2) is 4.58. The molecule has 94 valence electrons. The minimum atomic E-state index is 0.491. The lowest BCUT2D eigenvalue weighted by Gasteiger charge is -2.22. The largest absolute Gasteiger partial charge is 0.312 e. The van der Waals surface area contributed by atoms with Gasteiger partial charge in [0.15, 0.2) is 0 Å². The number of fused-ring (bicyclic) bond motifs is 1. The molecule has 0 amide bonds. The van der Waals surface area contributed by atoms with Crippen LogP contribution in [0.1, 0.15) is 36.6 Å². The molecule has 0 atom stereocenters. The Hall–Kier alpha value is -1.61. The van der Waals surface area contributed by atoms with Crippen LogP contribution in [0.2, 0.25) is 0 Å². The van der Waals surface area contributed by atoms with Gasteiger partial charge in [0.05, 0.1) is 12.0 Å². The summed E-state index contributed by atoms with van der Waals surface area (Å²) in [6.07, 6.45) is 5.01. The zero-order valence-corrected chi connectivity index (χ0v) is 11.0. The van der Waals surface area contributed by atoms with Gasteiger partial charge in [0.2, 0.25) is 0 Å². The van der Waals surface area contributed by atoms with E-state index in [1.165, 1.54) is 22.5 Å². The highest BCUT2D eigenvalue weighted by Crippen LogP contribution is 2.25. The molecule has 0 radical (unpaired) electrons. The summed E-state index contributed by atoms with van der Waals surface area (Å²) >= 11 is 0. The molecule has 1 aliphatic rings. The molecular weight excluding hydrogens is 222 g/mol. The van der Waals surface area contributed by atoms with Crippen molar-refractivity contribution in [2.75, 3.05) is 6.54 Å². The molecule has 0 bridgehead atoms. The normalized spacial score (nSPS) is 14.8. The summed E-state index contributed by atoms with van der Waals surface area (Å²) in [5.41, 5.74) is 5.47. The molecule has 18 heavy (non-hydrogen) atoms. The number of hydrogen-bond acceptors (Lipinski definition) is 2. The van der Waals surface area contributed by atoms with Gasteiger partial charge in [-0.3, -0.25) is 0 Å². The molecule has 2 aromatic rings. The third-order valence-corrected chi connectivity index (χ3v) is 3.63. The van der Waals surface area contributed by atoms with E-state index in [9.17, 15) is 0 Å². The van der Waals surface area contributed by atoms with E-state index in [4.69, 9.17) is 0 Å². The van der Waals surface area contributed by atoms with Crippen LogP contribution < -0.4 is 5.32 Å². The maximum absolute atomic E-state index is 4.32. The van der Waals surface area contributed by atoms with Crippen LogP contribution in [0.4, 0.5) is 0 Å². The summed E-state index contributed by atoms with van der Waals surface area (Å²) in [7, 11) is 0. The van der Waals surface area contributed by atoms with Crippen molar-refractivity contribution >= 4 is 0 Å². The lowest BCUT2D eigenvalue weighted by Crippen LogP contribution is -2.25. The molecule has 1 N–H and O–H groups in total. The van der Waals surface area contributed by atoms with Gasteiger partial charge < -0.3 is 9.88 Å². The lowest BCUT2D eigenvalue weighted by atomic mass is 9.98. The van der Waals surface area contributed by atoms with Crippen molar-refractivity contribution in [1.29, 1.82) is 0 Å². The minimum absolute atomic E-state index is 0.491. The topological polar surface area (TPSA) is 29.9 Å². The van der Waals surface area contributed by atoms with Gasteiger partial charge in [-0.15, -0.1) is 0 Å². The van der Waals surface area contributed by atoms with Crippen molar-refractivity contribution in [3.63, 3.8) is 0 Å². The maximum Gasteiger partial charge on any atom is 0.0994 e. The Kier molecular flexibility index (Phi) is 2.92. The molecule has 0 saturated carbocycles. The van der Waals surface area contributed by atoms with Crippen LogP contribution >= 0.6 is 0 Å². The van der Waals surface area contributed by atoms with Gasteiger partial charge in [-0.05, 0) is 36.1 Å². The van der Waals surface area contributed by atoms with Crippen LogP contribution in [0.15, 0.2) is 30.7 Å². The fourth-order valence-corrected chi connectivity index (χ4v) is 2.67. The predicted octanol–water partition coefficient (Wildman–Crippen LogP) is 2.64. The van der Waals surface area contributed by atoms with Gasteiger partial charge in [0.25, 0.3) is 0 Å². The van der Waals surface area contributed by atoms with E-state index in [1.54, 1.807) is 0 Å². The van der Waals surface area contributed by atoms with E-state index >= 15 is 0 Å². The number of rotatable bonds is 2. The van der Waals surface area contributed by atoms with Crippen molar-refractivity contribution < 1.29 is 0 Å². The van der Waals surface area contributed by atoms with Gasteiger partial charge in [-0.25, -0.2) is 4.98 Å². The number of imidazole rings is 1. The van der Waals surface area contributed by atoms with E-state index in [0.29, 0.717) is 5.92 Å². The Bertz CT molecular complexity index is 555. The molecule has 1 aliphatic heterocycles. The number of nitrogens with one attached hydrogen (secondary N) is 1. The highest BCUT2D eigenvalue weighted by atomic mass is 15.1. The summed E-state index contributed by atoms with van der Waals surface area (Å²) in [6, 6.07) is 6.57. The lowest BCUT2D eigenvalue weighted by molar-refractivity contribution is 0.639. The van der Waals surface area contributed by atoms with Gasteiger partial charge >= 0.3 is 0 Å². The molecule has 0 saturated heterocycles. The van der Waals surface area contributed by atoms with Crippen LogP contribution in [-0.2, 0) is 13.0 Å². The van der Waals surface area contributed by atoms with Crippen molar-refractivity contribution in [2.45, 2.75) is 32.7 Å². The van der Waals surface area contributed by atoms with Gasteiger partial charge in [0, 0.05) is 18.4 Å². The first-order chi connectivity index (χ1) is 8.77. The molecule has 0 spiro atoms. The molecule has 1 aromatic heterocycles. The van der Waals surface area contributed by atoms with E-state index in [1.807, 2.05) is 12.5 Å². The summed E-state index contributed by atoms with van der Waals surface area (Å²) in [4.78, 5) is 4.32. The monoisotopic (exact) mass is 241 g/mol. The smallest absolute Gasteiger partial charge is 0.0994 e. The first-order valence-electron chi connectivity index (χ1n) is 6.61. The standard InChI is InChI=1S/C15H19N3/c1-11(2)15-9-17-10-18(15)14-5-3-4-12-8-16-7-6-13(12)14/h3-5,9-11,16H,6-8H2,1-2H3. The summed E-state index contributed by atoms with van der Waals surface area (Å²) in [5, 5.41) is 3.43. The van der Waals surface area contributed by atoms with Crippen LogP contribution in [0, 0.1) is 0 Å². The summed E-state index contributed by atoms with van der Waals surface area (Å²) in [6.45, 7) is 6.47. The molecule has 2 heterocycles. The zero-order valence-electron chi connectivity index (χ0n) is 11.0. The highest BCUT2D eigenvalue weighted by molar-refractivity contribution is 5.48. The fraction of sp³-hybridized carbons (Fsp3) is 0.400. The predicted molar refractivity (Wildman–Crippen MR) is 73.1 cm³/mol. The molecular formula is C15H19N3. The number of nitrogens with zero attached hydrogens (tertiary/aromatic N) is 2. The second-order valence-electron chi connectivity index (χ2n) is 5.18. The molecule has 3 heteroatoms.